The summed E-state index contributed by atoms with van der Waals surface area (Å²) in [6.07, 6.45) is 2.53. The Hall–Kier alpha value is -2.48. The lowest BCUT2D eigenvalue weighted by atomic mass is 10.1. The van der Waals surface area contributed by atoms with Crippen molar-refractivity contribution < 1.29 is 4.74 Å². The molecule has 3 rings (SSSR count). The van der Waals surface area contributed by atoms with Crippen LogP contribution < -0.4 is 4.74 Å². The van der Waals surface area contributed by atoms with Crippen LogP contribution in [-0.2, 0) is 0 Å². The average molecular weight is 372 g/mol. The normalized spacial score (nSPS) is 11.5. The van der Waals surface area contributed by atoms with Gasteiger partial charge in [-0.25, -0.2) is 4.98 Å². The van der Waals surface area contributed by atoms with Gasteiger partial charge in [-0.15, -0.1) is 0 Å². The zero-order valence-electron chi connectivity index (χ0n) is 13.5. The number of rotatable bonds is 5. The number of halogens is 2. The molecular formula is C19H15Cl2N3O. The average Bonchev–Trinajstić information content (AvgIpc) is 3.02. The molecule has 0 aliphatic rings. The van der Waals surface area contributed by atoms with E-state index in [9.17, 15) is 5.26 Å². The third kappa shape index (κ3) is 3.79. The summed E-state index contributed by atoms with van der Waals surface area (Å²) in [5.41, 5.74) is 2.68. The summed E-state index contributed by atoms with van der Waals surface area (Å²) >= 11 is 12.4. The lowest BCUT2D eigenvalue weighted by Gasteiger charge is -2.11. The van der Waals surface area contributed by atoms with Crippen molar-refractivity contribution in [1.82, 2.24) is 9.97 Å². The van der Waals surface area contributed by atoms with Gasteiger partial charge in [0.2, 0.25) is 0 Å². The van der Waals surface area contributed by atoms with E-state index in [4.69, 9.17) is 27.9 Å². The van der Waals surface area contributed by atoms with Crippen molar-refractivity contribution in [2.45, 2.75) is 13.3 Å². The first-order valence-corrected chi connectivity index (χ1v) is 8.56. The maximum absolute atomic E-state index is 9.59. The zero-order valence-corrected chi connectivity index (χ0v) is 15.0. The molecule has 1 aromatic heterocycles. The van der Waals surface area contributed by atoms with Crippen LogP contribution in [-0.4, -0.2) is 16.6 Å². The van der Waals surface area contributed by atoms with E-state index in [0.29, 0.717) is 39.4 Å². The van der Waals surface area contributed by atoms with Crippen molar-refractivity contribution >= 4 is 45.9 Å². The van der Waals surface area contributed by atoms with Gasteiger partial charge in [-0.3, -0.25) is 0 Å². The number of aromatic nitrogens is 2. The molecule has 0 atom stereocenters. The predicted molar refractivity (Wildman–Crippen MR) is 102 cm³/mol. The van der Waals surface area contributed by atoms with Gasteiger partial charge in [-0.05, 0) is 36.8 Å². The Balaban J connectivity index is 2.09. The van der Waals surface area contributed by atoms with Crippen molar-refractivity contribution in [2.24, 2.45) is 0 Å². The lowest BCUT2D eigenvalue weighted by Crippen LogP contribution is -1.98. The van der Waals surface area contributed by atoms with Crippen molar-refractivity contribution in [3.63, 3.8) is 0 Å². The number of nitriles is 1. The predicted octanol–water partition coefficient (Wildman–Crippen LogP) is 5.72. The van der Waals surface area contributed by atoms with Gasteiger partial charge in [0, 0.05) is 10.6 Å². The maximum Gasteiger partial charge on any atom is 0.149 e. The van der Waals surface area contributed by atoms with Crippen LogP contribution in [0.1, 0.15) is 24.7 Å². The Morgan fingerprint density at radius 1 is 1.32 bits per heavy atom. The molecule has 0 saturated heterocycles. The fourth-order valence-electron chi connectivity index (χ4n) is 2.43. The summed E-state index contributed by atoms with van der Waals surface area (Å²) in [4.78, 5) is 7.61. The number of H-pyrrole nitrogens is 1. The number of ether oxygens (including phenoxy) is 1. The highest BCUT2D eigenvalue weighted by molar-refractivity contribution is 6.36. The first-order valence-electron chi connectivity index (χ1n) is 7.81. The molecule has 0 radical (unpaired) electrons. The summed E-state index contributed by atoms with van der Waals surface area (Å²) < 4.78 is 5.74. The second kappa shape index (κ2) is 7.60. The van der Waals surface area contributed by atoms with Crippen LogP contribution in [0.15, 0.2) is 36.4 Å². The minimum Gasteiger partial charge on any atom is -0.491 e. The van der Waals surface area contributed by atoms with E-state index in [1.807, 2.05) is 31.2 Å². The number of hydrogen-bond acceptors (Lipinski definition) is 3. The molecule has 3 aromatic rings. The highest BCUT2D eigenvalue weighted by atomic mass is 35.5. The molecule has 1 heterocycles. The monoisotopic (exact) mass is 371 g/mol. The molecule has 25 heavy (non-hydrogen) atoms. The molecule has 0 saturated carbocycles. The molecule has 6 heteroatoms. The molecule has 0 fully saturated rings. The van der Waals surface area contributed by atoms with Crippen molar-refractivity contribution in [3.05, 3.63) is 57.8 Å². The molecule has 4 nitrogen and oxygen atoms in total. The number of nitrogens with zero attached hydrogens (tertiary/aromatic N) is 2. The topological polar surface area (TPSA) is 61.7 Å². The third-order valence-electron chi connectivity index (χ3n) is 3.55. The third-order valence-corrected chi connectivity index (χ3v) is 4.05. The van der Waals surface area contributed by atoms with Crippen LogP contribution in [0.2, 0.25) is 10.0 Å². The molecule has 0 aliphatic carbocycles. The molecule has 0 spiro atoms. The Morgan fingerprint density at radius 2 is 2.12 bits per heavy atom. The highest BCUT2D eigenvalue weighted by Crippen LogP contribution is 2.35. The highest BCUT2D eigenvalue weighted by Gasteiger charge is 2.13. The standard InChI is InChI=1S/C19H15Cl2N3O/c1-2-7-25-18-12(9-14(20)10-15(18)21)8-13(11-22)19-23-16-5-3-4-6-17(16)24-19/h3-6,8-10H,2,7H2,1H3,(H,23,24)/b13-8+. The van der Waals surface area contributed by atoms with Crippen LogP contribution >= 0.6 is 23.2 Å². The number of para-hydroxylation sites is 2. The van der Waals surface area contributed by atoms with Gasteiger partial charge in [0.1, 0.15) is 17.6 Å². The van der Waals surface area contributed by atoms with E-state index in [1.54, 1.807) is 18.2 Å². The Kier molecular flexibility index (Phi) is 5.28. The summed E-state index contributed by atoms with van der Waals surface area (Å²) in [5, 5.41) is 10.5. The van der Waals surface area contributed by atoms with E-state index >= 15 is 0 Å². The molecule has 1 N–H and O–H groups in total. The van der Waals surface area contributed by atoms with Gasteiger partial charge in [-0.1, -0.05) is 42.3 Å². The van der Waals surface area contributed by atoms with Crippen LogP contribution in [0.4, 0.5) is 0 Å². The summed E-state index contributed by atoms with van der Waals surface area (Å²) in [6, 6.07) is 13.1. The Morgan fingerprint density at radius 3 is 2.84 bits per heavy atom. The van der Waals surface area contributed by atoms with Gasteiger partial charge >= 0.3 is 0 Å². The molecule has 0 aliphatic heterocycles. The smallest absolute Gasteiger partial charge is 0.149 e. The van der Waals surface area contributed by atoms with E-state index in [2.05, 4.69) is 16.0 Å². The summed E-state index contributed by atoms with van der Waals surface area (Å²) in [7, 11) is 0. The fraction of sp³-hybridized carbons (Fsp3) is 0.158. The van der Waals surface area contributed by atoms with E-state index in [-0.39, 0.29) is 0 Å². The SMILES string of the molecule is CCCOc1c(Cl)cc(Cl)cc1/C=C(\C#N)c1nc2ccccc2[nH]1. The number of benzene rings is 2. The number of imidazole rings is 1. The van der Waals surface area contributed by atoms with E-state index in [1.165, 1.54) is 0 Å². The summed E-state index contributed by atoms with van der Waals surface area (Å²) in [5.74, 6) is 0.998. The van der Waals surface area contributed by atoms with Crippen molar-refractivity contribution in [3.8, 4) is 11.8 Å². The second-order valence-corrected chi connectivity index (χ2v) is 6.27. The van der Waals surface area contributed by atoms with E-state index in [0.717, 1.165) is 17.5 Å². The minimum atomic E-state index is 0.371. The van der Waals surface area contributed by atoms with Gasteiger partial charge in [0.05, 0.1) is 28.2 Å². The van der Waals surface area contributed by atoms with Crippen LogP contribution in [0, 0.1) is 11.3 Å². The molecule has 0 bridgehead atoms. The Bertz CT molecular complexity index is 953. The molecule has 126 valence electrons. The maximum atomic E-state index is 9.59. The lowest BCUT2D eigenvalue weighted by molar-refractivity contribution is 0.317. The van der Waals surface area contributed by atoms with Crippen molar-refractivity contribution in [2.75, 3.05) is 6.61 Å². The summed E-state index contributed by atoms with van der Waals surface area (Å²) in [6.45, 7) is 2.53. The van der Waals surface area contributed by atoms with Gasteiger partial charge in [0.15, 0.2) is 0 Å². The van der Waals surface area contributed by atoms with Crippen molar-refractivity contribution in [1.29, 1.82) is 5.26 Å². The zero-order chi connectivity index (χ0) is 17.8. The number of fused-ring (bicyclic) bond motifs is 1. The largest absolute Gasteiger partial charge is 0.491 e. The quantitative estimate of drug-likeness (QED) is 0.583. The van der Waals surface area contributed by atoms with Crippen LogP contribution in [0.5, 0.6) is 5.75 Å². The van der Waals surface area contributed by atoms with Crippen LogP contribution in [0.25, 0.3) is 22.7 Å². The molecule has 0 unspecified atom stereocenters. The molecule has 0 amide bonds. The Labute approximate surface area is 155 Å². The number of nitrogens with one attached hydrogen (secondary N) is 1. The number of aromatic amines is 1. The van der Waals surface area contributed by atoms with Gasteiger partial charge in [0.25, 0.3) is 0 Å². The fourth-order valence-corrected chi connectivity index (χ4v) is 3.00. The number of hydrogen-bond donors (Lipinski definition) is 1. The van der Waals surface area contributed by atoms with Gasteiger partial charge in [-0.2, -0.15) is 5.26 Å². The second-order valence-electron chi connectivity index (χ2n) is 5.43. The first kappa shape index (κ1) is 17.3. The van der Waals surface area contributed by atoms with Gasteiger partial charge < -0.3 is 9.72 Å². The number of allylic oxidation sites excluding steroid dienone is 1. The first-order chi connectivity index (χ1) is 12.1. The molecular weight excluding hydrogens is 357 g/mol. The van der Waals surface area contributed by atoms with Crippen LogP contribution in [0.3, 0.4) is 0 Å². The van der Waals surface area contributed by atoms with E-state index < -0.39 is 0 Å². The molecule has 2 aromatic carbocycles. The minimum absolute atomic E-state index is 0.371.